The minimum atomic E-state index is -0.0137. The van der Waals surface area contributed by atoms with Crippen molar-refractivity contribution in [1.82, 2.24) is 14.8 Å². The second-order valence-corrected chi connectivity index (χ2v) is 6.33. The summed E-state index contributed by atoms with van der Waals surface area (Å²) in [6.07, 6.45) is 4.41. The maximum atomic E-state index is 4.44. The van der Waals surface area contributed by atoms with Crippen LogP contribution >= 0.6 is 0 Å². The van der Waals surface area contributed by atoms with Crippen LogP contribution in [0.15, 0.2) is 91.5 Å². The predicted molar refractivity (Wildman–Crippen MR) is 105 cm³/mol. The van der Waals surface area contributed by atoms with E-state index in [-0.39, 0.29) is 6.04 Å². The Hall–Kier alpha value is -3.20. The van der Waals surface area contributed by atoms with Crippen LogP contribution in [-0.2, 0) is 6.42 Å². The number of benzene rings is 3. The average molecular weight is 339 g/mol. The van der Waals surface area contributed by atoms with E-state index in [1.165, 1.54) is 27.8 Å². The normalized spacial score (nSPS) is 12.0. The second-order valence-electron chi connectivity index (χ2n) is 6.33. The van der Waals surface area contributed by atoms with E-state index in [0.29, 0.717) is 0 Å². The molecule has 4 aromatic rings. The zero-order valence-electron chi connectivity index (χ0n) is 14.8. The van der Waals surface area contributed by atoms with Crippen LogP contribution in [0.25, 0.3) is 11.1 Å². The molecule has 0 aliphatic rings. The van der Waals surface area contributed by atoms with Crippen molar-refractivity contribution in [2.75, 3.05) is 0 Å². The van der Waals surface area contributed by atoms with Gasteiger partial charge in [-0.1, -0.05) is 85.8 Å². The van der Waals surface area contributed by atoms with Crippen LogP contribution < -0.4 is 0 Å². The first-order chi connectivity index (χ1) is 12.9. The monoisotopic (exact) mass is 339 g/mol. The Labute approximate surface area is 154 Å². The van der Waals surface area contributed by atoms with Gasteiger partial charge >= 0.3 is 0 Å². The number of nitrogens with zero attached hydrogens (tertiary/aromatic N) is 3. The topological polar surface area (TPSA) is 30.7 Å². The largest absolute Gasteiger partial charge is 0.241 e. The van der Waals surface area contributed by atoms with Gasteiger partial charge in [0.25, 0.3) is 0 Å². The molecule has 3 heteroatoms. The standard InChI is InChI=1S/C23H21N3/c1-2-18-9-8-12-20(15-18)21-13-6-7-14-22(21)23(26-17-24-16-25-26)19-10-4-3-5-11-19/h3-17,23H,2H2,1H3. The summed E-state index contributed by atoms with van der Waals surface area (Å²) in [5.41, 5.74) is 6.22. The van der Waals surface area contributed by atoms with E-state index in [2.05, 4.69) is 89.8 Å². The third kappa shape index (κ3) is 3.16. The molecule has 3 aromatic carbocycles. The summed E-state index contributed by atoms with van der Waals surface area (Å²) < 4.78 is 1.93. The first-order valence-corrected chi connectivity index (χ1v) is 8.94. The van der Waals surface area contributed by atoms with Gasteiger partial charge in [0, 0.05) is 0 Å². The van der Waals surface area contributed by atoms with E-state index in [9.17, 15) is 0 Å². The molecule has 0 N–H and O–H groups in total. The zero-order chi connectivity index (χ0) is 17.8. The van der Waals surface area contributed by atoms with Gasteiger partial charge in [-0.25, -0.2) is 9.67 Å². The van der Waals surface area contributed by atoms with Gasteiger partial charge in [-0.3, -0.25) is 0 Å². The molecule has 1 atom stereocenters. The first kappa shape index (κ1) is 16.3. The van der Waals surface area contributed by atoms with Crippen LogP contribution in [0.1, 0.15) is 29.7 Å². The number of aryl methyl sites for hydroxylation is 1. The van der Waals surface area contributed by atoms with Gasteiger partial charge in [0.15, 0.2) is 0 Å². The maximum absolute atomic E-state index is 4.44. The number of hydrogen-bond donors (Lipinski definition) is 0. The van der Waals surface area contributed by atoms with Crippen molar-refractivity contribution in [3.8, 4) is 11.1 Å². The summed E-state index contributed by atoms with van der Waals surface area (Å²) >= 11 is 0. The van der Waals surface area contributed by atoms with Gasteiger partial charge in [0.1, 0.15) is 18.7 Å². The second kappa shape index (κ2) is 7.36. The molecule has 128 valence electrons. The summed E-state index contributed by atoms with van der Waals surface area (Å²) in [6.45, 7) is 2.19. The van der Waals surface area contributed by atoms with Crippen molar-refractivity contribution in [2.24, 2.45) is 0 Å². The van der Waals surface area contributed by atoms with Crippen molar-refractivity contribution in [3.05, 3.63) is 108 Å². The lowest BCUT2D eigenvalue weighted by molar-refractivity contribution is 0.595. The van der Waals surface area contributed by atoms with Crippen LogP contribution in [0.4, 0.5) is 0 Å². The summed E-state index contributed by atoms with van der Waals surface area (Å²) in [7, 11) is 0. The van der Waals surface area contributed by atoms with Crippen LogP contribution in [0.3, 0.4) is 0 Å². The van der Waals surface area contributed by atoms with E-state index in [1.54, 1.807) is 12.7 Å². The molecule has 0 bridgehead atoms. The van der Waals surface area contributed by atoms with Crippen LogP contribution in [0.5, 0.6) is 0 Å². The van der Waals surface area contributed by atoms with Crippen molar-refractivity contribution in [2.45, 2.75) is 19.4 Å². The van der Waals surface area contributed by atoms with Gasteiger partial charge in [0.2, 0.25) is 0 Å². The zero-order valence-corrected chi connectivity index (χ0v) is 14.8. The minimum Gasteiger partial charge on any atom is -0.241 e. The van der Waals surface area contributed by atoms with Crippen molar-refractivity contribution >= 4 is 0 Å². The molecular weight excluding hydrogens is 318 g/mol. The van der Waals surface area contributed by atoms with E-state index in [0.717, 1.165) is 6.42 Å². The molecular formula is C23H21N3. The highest BCUT2D eigenvalue weighted by Crippen LogP contribution is 2.34. The molecule has 3 nitrogen and oxygen atoms in total. The molecule has 4 rings (SSSR count). The highest BCUT2D eigenvalue weighted by atomic mass is 15.3. The molecule has 0 saturated heterocycles. The molecule has 0 amide bonds. The lowest BCUT2D eigenvalue weighted by atomic mass is 9.90. The fourth-order valence-corrected chi connectivity index (χ4v) is 3.42. The van der Waals surface area contributed by atoms with Gasteiger partial charge in [0.05, 0.1) is 0 Å². The van der Waals surface area contributed by atoms with Crippen LogP contribution in [0.2, 0.25) is 0 Å². The van der Waals surface area contributed by atoms with E-state index in [4.69, 9.17) is 0 Å². The lowest BCUT2D eigenvalue weighted by Crippen LogP contribution is -2.14. The predicted octanol–water partition coefficient (Wildman–Crippen LogP) is 5.15. The average Bonchev–Trinajstić information content (AvgIpc) is 3.24. The summed E-state index contributed by atoms with van der Waals surface area (Å²) in [4.78, 5) is 4.18. The molecule has 0 aliphatic heterocycles. The molecule has 0 spiro atoms. The fraction of sp³-hybridized carbons (Fsp3) is 0.130. The van der Waals surface area contributed by atoms with Crippen LogP contribution in [-0.4, -0.2) is 14.8 Å². The SMILES string of the molecule is CCc1cccc(-c2ccccc2C(c2ccccc2)n2cncn2)c1. The minimum absolute atomic E-state index is 0.0137. The van der Waals surface area contributed by atoms with Gasteiger partial charge < -0.3 is 0 Å². The van der Waals surface area contributed by atoms with Gasteiger partial charge in [-0.2, -0.15) is 5.10 Å². The maximum Gasteiger partial charge on any atom is 0.137 e. The highest BCUT2D eigenvalue weighted by Gasteiger charge is 2.20. The summed E-state index contributed by atoms with van der Waals surface area (Å²) in [5.74, 6) is 0. The molecule has 0 radical (unpaired) electrons. The number of hydrogen-bond acceptors (Lipinski definition) is 2. The van der Waals surface area contributed by atoms with Gasteiger partial charge in [-0.15, -0.1) is 0 Å². The molecule has 0 aliphatic carbocycles. The molecule has 26 heavy (non-hydrogen) atoms. The fourth-order valence-electron chi connectivity index (χ4n) is 3.42. The Bertz CT molecular complexity index is 975. The Morgan fingerprint density at radius 2 is 1.69 bits per heavy atom. The molecule has 0 saturated carbocycles. The van der Waals surface area contributed by atoms with Crippen molar-refractivity contribution in [3.63, 3.8) is 0 Å². The van der Waals surface area contributed by atoms with E-state index >= 15 is 0 Å². The van der Waals surface area contributed by atoms with E-state index in [1.807, 2.05) is 10.7 Å². The number of aromatic nitrogens is 3. The van der Waals surface area contributed by atoms with Gasteiger partial charge in [-0.05, 0) is 34.2 Å². The van der Waals surface area contributed by atoms with Crippen molar-refractivity contribution < 1.29 is 0 Å². The Morgan fingerprint density at radius 3 is 2.46 bits per heavy atom. The third-order valence-corrected chi connectivity index (χ3v) is 4.72. The Balaban J connectivity index is 1.90. The molecule has 0 fully saturated rings. The smallest absolute Gasteiger partial charge is 0.137 e. The Kier molecular flexibility index (Phi) is 4.61. The highest BCUT2D eigenvalue weighted by molar-refractivity contribution is 5.69. The summed E-state index contributed by atoms with van der Waals surface area (Å²) in [6, 6.07) is 27.8. The van der Waals surface area contributed by atoms with E-state index < -0.39 is 0 Å². The summed E-state index contributed by atoms with van der Waals surface area (Å²) in [5, 5.41) is 4.44. The third-order valence-electron chi connectivity index (χ3n) is 4.72. The Morgan fingerprint density at radius 1 is 0.885 bits per heavy atom. The van der Waals surface area contributed by atoms with Crippen molar-refractivity contribution in [1.29, 1.82) is 0 Å². The molecule has 1 unspecified atom stereocenters. The first-order valence-electron chi connectivity index (χ1n) is 8.94. The molecule has 1 heterocycles. The molecule has 1 aromatic heterocycles. The quantitative estimate of drug-likeness (QED) is 0.504. The number of rotatable bonds is 5. The lowest BCUT2D eigenvalue weighted by Gasteiger charge is -2.21. The van der Waals surface area contributed by atoms with Crippen LogP contribution in [0, 0.1) is 0 Å².